The second-order valence-corrected chi connectivity index (χ2v) is 5.63. The van der Waals surface area contributed by atoms with Crippen LogP contribution in [0.2, 0.25) is 0 Å². The first kappa shape index (κ1) is 18.2. The summed E-state index contributed by atoms with van der Waals surface area (Å²) < 4.78 is 11.2. The van der Waals surface area contributed by atoms with E-state index in [-0.39, 0.29) is 0 Å². The topological polar surface area (TPSA) is 54.9 Å². The van der Waals surface area contributed by atoms with Crippen molar-refractivity contribution >= 4 is 5.96 Å². The molecule has 0 aromatic carbocycles. The lowest BCUT2D eigenvalue weighted by molar-refractivity contribution is 0.0168. The van der Waals surface area contributed by atoms with Crippen LogP contribution in [0.1, 0.15) is 46.0 Å². The monoisotopic (exact) mass is 299 g/mol. The summed E-state index contributed by atoms with van der Waals surface area (Å²) in [7, 11) is 1.82. The van der Waals surface area contributed by atoms with Crippen LogP contribution in [0.25, 0.3) is 0 Å². The Morgan fingerprint density at radius 3 is 2.76 bits per heavy atom. The fraction of sp³-hybridized carbons (Fsp3) is 0.938. The molecule has 1 unspecified atom stereocenters. The van der Waals surface area contributed by atoms with E-state index in [0.29, 0.717) is 6.10 Å². The number of hydrogen-bond acceptors (Lipinski definition) is 3. The van der Waals surface area contributed by atoms with E-state index in [1.54, 1.807) is 0 Å². The van der Waals surface area contributed by atoms with Gasteiger partial charge in [0.05, 0.1) is 12.7 Å². The predicted molar refractivity (Wildman–Crippen MR) is 87.8 cm³/mol. The van der Waals surface area contributed by atoms with E-state index >= 15 is 0 Å². The molecule has 1 aliphatic rings. The van der Waals surface area contributed by atoms with Gasteiger partial charge in [0, 0.05) is 33.4 Å². The van der Waals surface area contributed by atoms with Crippen molar-refractivity contribution in [1.29, 1.82) is 0 Å². The number of ether oxygens (including phenoxy) is 2. The molecule has 0 aliphatic carbocycles. The molecular formula is C16H33N3O2. The van der Waals surface area contributed by atoms with Crippen molar-refractivity contribution in [1.82, 2.24) is 10.6 Å². The van der Waals surface area contributed by atoms with Crippen LogP contribution in [0.5, 0.6) is 0 Å². The van der Waals surface area contributed by atoms with Crippen molar-refractivity contribution in [2.45, 2.75) is 52.1 Å². The molecule has 21 heavy (non-hydrogen) atoms. The first-order chi connectivity index (χ1) is 10.3. The Morgan fingerprint density at radius 2 is 2.14 bits per heavy atom. The third-order valence-corrected chi connectivity index (χ3v) is 4.02. The zero-order valence-corrected chi connectivity index (χ0v) is 14.0. The van der Waals surface area contributed by atoms with Gasteiger partial charge in [-0.1, -0.05) is 26.7 Å². The molecule has 0 radical (unpaired) electrons. The van der Waals surface area contributed by atoms with Gasteiger partial charge >= 0.3 is 0 Å². The van der Waals surface area contributed by atoms with Crippen molar-refractivity contribution < 1.29 is 9.47 Å². The fourth-order valence-electron chi connectivity index (χ4n) is 2.41. The molecule has 5 nitrogen and oxygen atoms in total. The van der Waals surface area contributed by atoms with Crippen molar-refractivity contribution in [3.05, 3.63) is 0 Å². The second kappa shape index (κ2) is 11.8. The number of nitrogens with zero attached hydrogens (tertiary/aromatic N) is 1. The van der Waals surface area contributed by atoms with Gasteiger partial charge in [0.15, 0.2) is 5.96 Å². The summed E-state index contributed by atoms with van der Waals surface area (Å²) in [4.78, 5) is 4.24. The van der Waals surface area contributed by atoms with E-state index in [1.165, 1.54) is 19.3 Å². The van der Waals surface area contributed by atoms with Gasteiger partial charge in [-0.2, -0.15) is 0 Å². The van der Waals surface area contributed by atoms with Crippen LogP contribution >= 0.6 is 0 Å². The van der Waals surface area contributed by atoms with E-state index in [0.717, 1.165) is 57.6 Å². The molecule has 1 saturated heterocycles. The fourth-order valence-corrected chi connectivity index (χ4v) is 2.41. The van der Waals surface area contributed by atoms with Gasteiger partial charge in [-0.3, -0.25) is 4.99 Å². The Morgan fingerprint density at radius 1 is 1.33 bits per heavy atom. The van der Waals surface area contributed by atoms with Crippen LogP contribution in [0.4, 0.5) is 0 Å². The molecule has 1 atom stereocenters. The van der Waals surface area contributed by atoms with Gasteiger partial charge in [-0.25, -0.2) is 0 Å². The summed E-state index contributed by atoms with van der Waals surface area (Å²) in [6.07, 6.45) is 6.04. The van der Waals surface area contributed by atoms with E-state index in [2.05, 4.69) is 29.5 Å². The zero-order chi connectivity index (χ0) is 15.3. The summed E-state index contributed by atoms with van der Waals surface area (Å²) in [5.74, 6) is 1.61. The highest BCUT2D eigenvalue weighted by Gasteiger charge is 2.14. The van der Waals surface area contributed by atoms with Crippen molar-refractivity contribution in [3.8, 4) is 0 Å². The smallest absolute Gasteiger partial charge is 0.190 e. The summed E-state index contributed by atoms with van der Waals surface area (Å²) in [5, 5.41) is 6.71. The first-order valence-electron chi connectivity index (χ1n) is 8.44. The third-order valence-electron chi connectivity index (χ3n) is 4.02. The van der Waals surface area contributed by atoms with E-state index in [9.17, 15) is 0 Å². The normalized spacial score (nSPS) is 19.2. The molecular weight excluding hydrogens is 266 g/mol. The lowest BCUT2D eigenvalue weighted by atomic mass is 10.0. The highest BCUT2D eigenvalue weighted by atomic mass is 16.5. The minimum atomic E-state index is 0.326. The molecule has 124 valence electrons. The first-order valence-corrected chi connectivity index (χ1v) is 8.44. The minimum absolute atomic E-state index is 0.326. The zero-order valence-electron chi connectivity index (χ0n) is 14.0. The Kier molecular flexibility index (Phi) is 10.3. The Hall–Kier alpha value is -0.810. The molecule has 0 spiro atoms. The van der Waals surface area contributed by atoms with Gasteiger partial charge in [-0.15, -0.1) is 0 Å². The number of guanidine groups is 1. The van der Waals surface area contributed by atoms with Gasteiger partial charge in [0.1, 0.15) is 0 Å². The number of rotatable bonds is 10. The number of aliphatic imine (C=N–C) groups is 1. The molecule has 5 heteroatoms. The maximum atomic E-state index is 5.64. The highest BCUT2D eigenvalue weighted by molar-refractivity contribution is 5.79. The molecule has 0 bridgehead atoms. The second-order valence-electron chi connectivity index (χ2n) is 5.63. The third kappa shape index (κ3) is 8.27. The van der Waals surface area contributed by atoms with Crippen LogP contribution in [0, 0.1) is 5.92 Å². The highest BCUT2D eigenvalue weighted by Crippen LogP contribution is 2.11. The summed E-state index contributed by atoms with van der Waals surface area (Å²) in [5.41, 5.74) is 0. The quantitative estimate of drug-likeness (QED) is 0.369. The Balaban J connectivity index is 1.98. The molecule has 0 aromatic heterocycles. The lowest BCUT2D eigenvalue weighted by Crippen LogP contribution is -2.40. The van der Waals surface area contributed by atoms with Gasteiger partial charge < -0.3 is 20.1 Å². The van der Waals surface area contributed by atoms with Crippen molar-refractivity contribution in [3.63, 3.8) is 0 Å². The molecule has 0 aromatic rings. The van der Waals surface area contributed by atoms with Crippen molar-refractivity contribution in [2.24, 2.45) is 10.9 Å². The van der Waals surface area contributed by atoms with Crippen LogP contribution in [-0.2, 0) is 9.47 Å². The summed E-state index contributed by atoms with van der Waals surface area (Å²) in [6, 6.07) is 0. The maximum absolute atomic E-state index is 5.64. The van der Waals surface area contributed by atoms with Crippen LogP contribution in [0.15, 0.2) is 4.99 Å². The summed E-state index contributed by atoms with van der Waals surface area (Å²) >= 11 is 0. The van der Waals surface area contributed by atoms with E-state index < -0.39 is 0 Å². The average Bonchev–Trinajstić information content (AvgIpc) is 3.02. The minimum Gasteiger partial charge on any atom is -0.379 e. The Bertz CT molecular complexity index is 275. The molecule has 2 N–H and O–H groups in total. The van der Waals surface area contributed by atoms with Crippen molar-refractivity contribution in [2.75, 3.05) is 40.0 Å². The van der Waals surface area contributed by atoms with Crippen LogP contribution in [-0.4, -0.2) is 52.0 Å². The Labute approximate surface area is 129 Å². The van der Waals surface area contributed by atoms with Gasteiger partial charge in [0.2, 0.25) is 0 Å². The molecule has 0 amide bonds. The SMILES string of the molecule is CCC(CC)CNC(=NC)NCCCOCC1CCCO1. The molecule has 1 fully saturated rings. The van der Waals surface area contributed by atoms with E-state index in [4.69, 9.17) is 9.47 Å². The number of hydrogen-bond donors (Lipinski definition) is 2. The van der Waals surface area contributed by atoms with Crippen LogP contribution < -0.4 is 10.6 Å². The molecule has 1 rings (SSSR count). The largest absolute Gasteiger partial charge is 0.379 e. The molecule has 1 aliphatic heterocycles. The number of nitrogens with one attached hydrogen (secondary N) is 2. The standard InChI is InChI=1S/C16H33N3O2/c1-4-14(5-2)12-19-16(17-3)18-9-7-10-20-13-15-8-6-11-21-15/h14-15H,4-13H2,1-3H3,(H2,17,18,19). The van der Waals surface area contributed by atoms with Gasteiger partial charge in [0.25, 0.3) is 0 Å². The lowest BCUT2D eigenvalue weighted by Gasteiger charge is -2.16. The van der Waals surface area contributed by atoms with Crippen LogP contribution in [0.3, 0.4) is 0 Å². The molecule has 0 saturated carbocycles. The molecule has 1 heterocycles. The summed E-state index contributed by atoms with van der Waals surface area (Å²) in [6.45, 7) is 8.75. The van der Waals surface area contributed by atoms with E-state index in [1.807, 2.05) is 7.05 Å². The van der Waals surface area contributed by atoms with Gasteiger partial charge in [-0.05, 0) is 25.2 Å². The average molecular weight is 299 g/mol. The maximum Gasteiger partial charge on any atom is 0.190 e. The predicted octanol–water partition coefficient (Wildman–Crippen LogP) is 2.17.